The maximum Gasteiger partial charge on any atom is 0.0707 e. The predicted octanol–water partition coefficient (Wildman–Crippen LogP) is 1.67. The third-order valence-corrected chi connectivity index (χ3v) is 3.32. The lowest BCUT2D eigenvalue weighted by atomic mass is 9.89. The number of rotatable bonds is 3. The van der Waals surface area contributed by atoms with Crippen LogP contribution in [-0.2, 0) is 0 Å². The molecule has 12 heavy (non-hydrogen) atoms. The summed E-state index contributed by atoms with van der Waals surface area (Å²) in [4.78, 5) is 0. The van der Waals surface area contributed by atoms with Crippen molar-refractivity contribution in [2.24, 2.45) is 0 Å². The number of piperidine rings is 1. The van der Waals surface area contributed by atoms with Crippen molar-refractivity contribution in [3.05, 3.63) is 12.7 Å². The Labute approximate surface area is 78.8 Å². The molecule has 1 aliphatic heterocycles. The highest BCUT2D eigenvalue weighted by Gasteiger charge is 2.30. The Morgan fingerprint density at radius 3 is 2.58 bits per heavy atom. The molecule has 1 rings (SSSR count). The third kappa shape index (κ3) is 2.51. The highest BCUT2D eigenvalue weighted by molar-refractivity contribution is 7.96. The first kappa shape index (κ1) is 10.1. The lowest BCUT2D eigenvalue weighted by Crippen LogP contribution is -2.41. The number of hydrogen-bond donors (Lipinski definition) is 1. The Kier molecular flexibility index (Phi) is 3.62. The zero-order valence-electron chi connectivity index (χ0n) is 7.62. The van der Waals surface area contributed by atoms with E-state index in [1.54, 1.807) is 11.9 Å². The highest BCUT2D eigenvalue weighted by Crippen LogP contribution is 2.27. The van der Waals surface area contributed by atoms with Crippen molar-refractivity contribution in [3.63, 3.8) is 0 Å². The summed E-state index contributed by atoms with van der Waals surface area (Å²) in [7, 11) is 0. The smallest absolute Gasteiger partial charge is 0.0707 e. The molecule has 0 unspecified atom stereocenters. The number of hydrogen-bond acceptors (Lipinski definition) is 3. The van der Waals surface area contributed by atoms with Crippen LogP contribution in [-0.4, -0.2) is 34.4 Å². The monoisotopic (exact) mass is 187 g/mol. The average molecular weight is 187 g/mol. The van der Waals surface area contributed by atoms with Gasteiger partial charge in [-0.3, -0.25) is 4.31 Å². The molecule has 1 saturated heterocycles. The van der Waals surface area contributed by atoms with Gasteiger partial charge in [0.2, 0.25) is 0 Å². The molecule has 0 aliphatic carbocycles. The van der Waals surface area contributed by atoms with E-state index in [0.717, 1.165) is 32.4 Å². The van der Waals surface area contributed by atoms with E-state index in [2.05, 4.69) is 17.1 Å². The Morgan fingerprint density at radius 1 is 1.58 bits per heavy atom. The summed E-state index contributed by atoms with van der Waals surface area (Å²) in [5.74, 6) is 0. The quantitative estimate of drug-likeness (QED) is 0.537. The molecule has 0 atom stereocenters. The molecule has 1 fully saturated rings. The molecule has 0 aromatic heterocycles. The minimum absolute atomic E-state index is 0.464. The number of aliphatic hydroxyl groups is 1. The molecule has 0 amide bonds. The van der Waals surface area contributed by atoms with Crippen molar-refractivity contribution in [1.29, 1.82) is 0 Å². The zero-order chi connectivity index (χ0) is 9.03. The summed E-state index contributed by atoms with van der Waals surface area (Å²) >= 11 is 1.76. The van der Waals surface area contributed by atoms with Crippen LogP contribution in [0.25, 0.3) is 0 Å². The van der Waals surface area contributed by atoms with Gasteiger partial charge in [0.25, 0.3) is 0 Å². The lowest BCUT2D eigenvalue weighted by Gasteiger charge is -2.36. The van der Waals surface area contributed by atoms with Gasteiger partial charge < -0.3 is 5.11 Å². The van der Waals surface area contributed by atoms with E-state index in [0.29, 0.717) is 0 Å². The topological polar surface area (TPSA) is 23.5 Å². The van der Waals surface area contributed by atoms with Crippen molar-refractivity contribution in [2.45, 2.75) is 24.9 Å². The van der Waals surface area contributed by atoms with Crippen LogP contribution < -0.4 is 0 Å². The van der Waals surface area contributed by atoms with Crippen molar-refractivity contribution in [2.75, 3.05) is 19.3 Å². The molecule has 0 saturated carbocycles. The normalized spacial score (nSPS) is 23.8. The first-order chi connectivity index (χ1) is 5.70. The Balaban J connectivity index is 2.38. The lowest BCUT2D eigenvalue weighted by molar-refractivity contribution is -0.000361. The van der Waals surface area contributed by atoms with Crippen molar-refractivity contribution in [3.8, 4) is 0 Å². The molecule has 70 valence electrons. The highest BCUT2D eigenvalue weighted by atomic mass is 32.2. The van der Waals surface area contributed by atoms with E-state index < -0.39 is 5.60 Å². The van der Waals surface area contributed by atoms with Crippen molar-refractivity contribution >= 4 is 11.9 Å². The predicted molar refractivity (Wildman–Crippen MR) is 54.1 cm³/mol. The van der Waals surface area contributed by atoms with Gasteiger partial charge in [-0.15, -0.1) is 6.58 Å². The summed E-state index contributed by atoms with van der Waals surface area (Å²) in [5, 5.41) is 9.98. The van der Waals surface area contributed by atoms with Gasteiger partial charge in [0.05, 0.1) is 5.60 Å². The van der Waals surface area contributed by atoms with Crippen LogP contribution in [0, 0.1) is 0 Å². The molecule has 1 N–H and O–H groups in total. The average Bonchev–Trinajstić information content (AvgIpc) is 2.06. The fourth-order valence-electron chi connectivity index (χ4n) is 1.56. The van der Waals surface area contributed by atoms with Crippen molar-refractivity contribution in [1.82, 2.24) is 4.31 Å². The standard InChI is InChI=1S/C9H17NOS/c1-3-4-9(11)5-7-10(12-2)8-6-9/h3,11H,1,4-8H2,2H3. The Morgan fingerprint density at radius 2 is 2.17 bits per heavy atom. The van der Waals surface area contributed by atoms with Gasteiger partial charge in [-0.05, 0) is 25.5 Å². The molecular weight excluding hydrogens is 170 g/mol. The summed E-state index contributed by atoms with van der Waals surface area (Å²) in [6, 6.07) is 0. The molecule has 3 heteroatoms. The van der Waals surface area contributed by atoms with Gasteiger partial charge in [0.15, 0.2) is 0 Å². The van der Waals surface area contributed by atoms with Crippen LogP contribution in [0.1, 0.15) is 19.3 Å². The van der Waals surface area contributed by atoms with Crippen LogP contribution in [0.15, 0.2) is 12.7 Å². The zero-order valence-corrected chi connectivity index (χ0v) is 8.44. The SMILES string of the molecule is C=CCC1(O)CCN(SC)CC1. The second kappa shape index (κ2) is 4.30. The van der Waals surface area contributed by atoms with Gasteiger partial charge in [0, 0.05) is 13.1 Å². The van der Waals surface area contributed by atoms with Gasteiger partial charge in [-0.1, -0.05) is 18.0 Å². The van der Waals surface area contributed by atoms with Crippen LogP contribution in [0.4, 0.5) is 0 Å². The first-order valence-electron chi connectivity index (χ1n) is 4.32. The summed E-state index contributed by atoms with van der Waals surface area (Å²) in [6.07, 6.45) is 6.38. The molecule has 0 radical (unpaired) electrons. The van der Waals surface area contributed by atoms with Crippen molar-refractivity contribution < 1.29 is 5.11 Å². The first-order valence-corrected chi connectivity index (χ1v) is 5.51. The van der Waals surface area contributed by atoms with E-state index >= 15 is 0 Å². The molecule has 1 aliphatic rings. The van der Waals surface area contributed by atoms with Gasteiger partial charge in [-0.2, -0.15) is 0 Å². The molecule has 0 spiro atoms. The Bertz CT molecular complexity index is 153. The maximum atomic E-state index is 9.98. The molecule has 2 nitrogen and oxygen atoms in total. The summed E-state index contributed by atoms with van der Waals surface area (Å²) < 4.78 is 2.29. The van der Waals surface area contributed by atoms with Crippen LogP contribution in [0.3, 0.4) is 0 Å². The fraction of sp³-hybridized carbons (Fsp3) is 0.778. The van der Waals surface area contributed by atoms with Crippen LogP contribution in [0.2, 0.25) is 0 Å². The van der Waals surface area contributed by atoms with E-state index in [1.807, 2.05) is 6.08 Å². The number of nitrogens with zero attached hydrogens (tertiary/aromatic N) is 1. The van der Waals surface area contributed by atoms with Crippen LogP contribution in [0.5, 0.6) is 0 Å². The van der Waals surface area contributed by atoms with E-state index in [1.165, 1.54) is 0 Å². The van der Waals surface area contributed by atoms with E-state index in [-0.39, 0.29) is 0 Å². The van der Waals surface area contributed by atoms with E-state index in [9.17, 15) is 5.11 Å². The fourth-order valence-corrected chi connectivity index (χ4v) is 2.11. The second-order valence-electron chi connectivity index (χ2n) is 3.33. The van der Waals surface area contributed by atoms with Gasteiger partial charge in [-0.25, -0.2) is 0 Å². The Hall–Kier alpha value is 0.0100. The molecule has 0 aromatic rings. The molecule has 0 aromatic carbocycles. The molecule has 0 bridgehead atoms. The van der Waals surface area contributed by atoms with Gasteiger partial charge in [0.1, 0.15) is 0 Å². The van der Waals surface area contributed by atoms with Crippen LogP contribution >= 0.6 is 11.9 Å². The van der Waals surface area contributed by atoms with Gasteiger partial charge >= 0.3 is 0 Å². The molecular formula is C9H17NOS. The second-order valence-corrected chi connectivity index (χ2v) is 4.21. The minimum atomic E-state index is -0.464. The van der Waals surface area contributed by atoms with E-state index in [4.69, 9.17) is 0 Å². The third-order valence-electron chi connectivity index (χ3n) is 2.44. The summed E-state index contributed by atoms with van der Waals surface area (Å²) in [5.41, 5.74) is -0.464. The summed E-state index contributed by atoms with van der Waals surface area (Å²) in [6.45, 7) is 5.64. The largest absolute Gasteiger partial charge is 0.389 e. The maximum absolute atomic E-state index is 9.98. The molecule has 1 heterocycles. The minimum Gasteiger partial charge on any atom is -0.389 e.